The first-order chi connectivity index (χ1) is 11.1. The maximum absolute atomic E-state index is 11.1. The lowest BCUT2D eigenvalue weighted by Gasteiger charge is -1.98. The largest absolute Gasteiger partial charge is 0.279 e. The van der Waals surface area contributed by atoms with Crippen LogP contribution in [0.1, 0.15) is 0 Å². The van der Waals surface area contributed by atoms with Gasteiger partial charge in [0.15, 0.2) is 10.0 Å². The quantitative estimate of drug-likeness (QED) is 0.533. The van der Waals surface area contributed by atoms with E-state index in [-0.39, 0.29) is 11.4 Å². The molecule has 0 aliphatic heterocycles. The highest BCUT2D eigenvalue weighted by Crippen LogP contribution is 2.37. The summed E-state index contributed by atoms with van der Waals surface area (Å²) in [4.78, 5) is 21.2. The van der Waals surface area contributed by atoms with Crippen LogP contribution >= 0.6 is 11.3 Å². The van der Waals surface area contributed by atoms with Crippen LogP contribution in [0.4, 0.5) is 11.4 Å². The van der Waals surface area contributed by atoms with Crippen LogP contribution in [-0.4, -0.2) is 20.0 Å². The van der Waals surface area contributed by atoms with E-state index >= 15 is 0 Å². The second-order valence-corrected chi connectivity index (χ2v) is 5.44. The van der Waals surface area contributed by atoms with Crippen molar-refractivity contribution in [1.29, 1.82) is 0 Å². The summed E-state index contributed by atoms with van der Waals surface area (Å²) in [6.07, 6.45) is 0. The average Bonchev–Trinajstić information content (AvgIpc) is 3.04. The molecule has 0 spiro atoms. The number of nitrogens with zero attached hydrogens (tertiary/aromatic N) is 4. The van der Waals surface area contributed by atoms with E-state index in [4.69, 9.17) is 0 Å². The summed E-state index contributed by atoms with van der Waals surface area (Å²) >= 11 is 1.07. The molecule has 0 bridgehead atoms. The zero-order valence-corrected chi connectivity index (χ0v) is 12.3. The lowest BCUT2D eigenvalue weighted by atomic mass is 10.2. The van der Waals surface area contributed by atoms with E-state index in [2.05, 4.69) is 10.2 Å². The first kappa shape index (κ1) is 14.7. The summed E-state index contributed by atoms with van der Waals surface area (Å²) in [7, 11) is 0. The summed E-state index contributed by atoms with van der Waals surface area (Å²) in [6.45, 7) is 0. The fraction of sp³-hybridized carbons (Fsp3) is 0. The molecule has 0 N–H and O–H groups in total. The summed E-state index contributed by atoms with van der Waals surface area (Å²) < 4.78 is 0. The van der Waals surface area contributed by atoms with Gasteiger partial charge in [0.05, 0.1) is 21.0 Å². The standard InChI is InChI=1S/C14H8N4O4S/c19-17(20)11-7-3-1-5-9(11)13-15-16-14(23-13)10-6-2-4-8-12(10)18(21)22/h1-8H. The summed E-state index contributed by atoms with van der Waals surface area (Å²) in [5.74, 6) is 0. The van der Waals surface area contributed by atoms with Crippen LogP contribution in [0, 0.1) is 20.2 Å². The van der Waals surface area contributed by atoms with Crippen molar-refractivity contribution in [2.75, 3.05) is 0 Å². The molecule has 0 aliphatic carbocycles. The molecular formula is C14H8N4O4S. The first-order valence-corrected chi connectivity index (χ1v) is 7.20. The minimum atomic E-state index is -0.499. The molecule has 0 atom stereocenters. The Labute approximate surface area is 133 Å². The van der Waals surface area contributed by atoms with Gasteiger partial charge in [-0.2, -0.15) is 0 Å². The van der Waals surface area contributed by atoms with Crippen molar-refractivity contribution in [3.8, 4) is 21.1 Å². The van der Waals surface area contributed by atoms with E-state index in [9.17, 15) is 20.2 Å². The molecule has 0 radical (unpaired) electrons. The third-order valence-electron chi connectivity index (χ3n) is 3.09. The van der Waals surface area contributed by atoms with Gasteiger partial charge in [0.1, 0.15) is 0 Å². The monoisotopic (exact) mass is 328 g/mol. The van der Waals surface area contributed by atoms with Crippen molar-refractivity contribution in [2.45, 2.75) is 0 Å². The summed E-state index contributed by atoms with van der Waals surface area (Å²) in [5.41, 5.74) is 0.496. The van der Waals surface area contributed by atoms with Gasteiger partial charge >= 0.3 is 0 Å². The minimum absolute atomic E-state index is 0.0854. The van der Waals surface area contributed by atoms with Crippen molar-refractivity contribution in [3.05, 3.63) is 68.8 Å². The number of benzene rings is 2. The number of nitro groups is 2. The number of hydrogen-bond donors (Lipinski definition) is 0. The van der Waals surface area contributed by atoms with Crippen molar-refractivity contribution in [2.24, 2.45) is 0 Å². The topological polar surface area (TPSA) is 112 Å². The third-order valence-corrected chi connectivity index (χ3v) is 4.08. The molecule has 114 valence electrons. The highest BCUT2D eigenvalue weighted by Gasteiger charge is 2.21. The van der Waals surface area contributed by atoms with Crippen molar-refractivity contribution < 1.29 is 9.85 Å². The zero-order chi connectivity index (χ0) is 16.4. The molecule has 0 aliphatic rings. The van der Waals surface area contributed by atoms with Crippen LogP contribution in [0.15, 0.2) is 48.5 Å². The van der Waals surface area contributed by atoms with Gasteiger partial charge in [0, 0.05) is 12.1 Å². The van der Waals surface area contributed by atoms with Crippen LogP contribution < -0.4 is 0 Å². The molecule has 23 heavy (non-hydrogen) atoms. The predicted molar refractivity (Wildman–Crippen MR) is 84.1 cm³/mol. The molecule has 3 aromatic rings. The van der Waals surface area contributed by atoms with Crippen molar-refractivity contribution in [1.82, 2.24) is 10.2 Å². The molecule has 2 aromatic carbocycles. The summed E-state index contributed by atoms with van der Waals surface area (Å²) in [5, 5.41) is 30.7. The first-order valence-electron chi connectivity index (χ1n) is 6.39. The maximum Gasteiger partial charge on any atom is 0.279 e. The molecule has 1 heterocycles. The fourth-order valence-corrected chi connectivity index (χ4v) is 2.98. The van der Waals surface area contributed by atoms with Gasteiger partial charge in [0.25, 0.3) is 11.4 Å². The molecule has 0 fully saturated rings. The molecule has 0 saturated heterocycles. The van der Waals surface area contributed by atoms with Gasteiger partial charge in [-0.15, -0.1) is 10.2 Å². The van der Waals surface area contributed by atoms with E-state index in [1.165, 1.54) is 12.1 Å². The van der Waals surface area contributed by atoms with Gasteiger partial charge in [-0.05, 0) is 12.1 Å². The molecule has 0 unspecified atom stereocenters. The van der Waals surface area contributed by atoms with E-state index in [0.717, 1.165) is 11.3 Å². The van der Waals surface area contributed by atoms with Gasteiger partial charge in [-0.25, -0.2) is 0 Å². The van der Waals surface area contributed by atoms with E-state index in [1.807, 2.05) is 0 Å². The Hall–Kier alpha value is -3.20. The number of para-hydroxylation sites is 2. The van der Waals surface area contributed by atoms with E-state index in [0.29, 0.717) is 21.1 Å². The average molecular weight is 328 g/mol. The highest BCUT2D eigenvalue weighted by molar-refractivity contribution is 7.18. The Morgan fingerprint density at radius 1 is 0.739 bits per heavy atom. The summed E-state index contributed by atoms with van der Waals surface area (Å²) in [6, 6.07) is 12.3. The fourth-order valence-electron chi connectivity index (χ4n) is 2.07. The smallest absolute Gasteiger partial charge is 0.258 e. The Kier molecular flexibility index (Phi) is 3.77. The predicted octanol–water partition coefficient (Wildman–Crippen LogP) is 3.69. The second-order valence-electron chi connectivity index (χ2n) is 4.46. The number of aromatic nitrogens is 2. The van der Waals surface area contributed by atoms with Gasteiger partial charge in [-0.3, -0.25) is 20.2 Å². The zero-order valence-electron chi connectivity index (χ0n) is 11.4. The van der Waals surface area contributed by atoms with Crippen molar-refractivity contribution >= 4 is 22.7 Å². The van der Waals surface area contributed by atoms with Crippen LogP contribution in [0.5, 0.6) is 0 Å². The lowest BCUT2D eigenvalue weighted by Crippen LogP contribution is -1.91. The SMILES string of the molecule is O=[N+]([O-])c1ccccc1-c1nnc(-c2ccccc2[N+](=O)[O-])s1. The number of hydrogen-bond acceptors (Lipinski definition) is 7. The van der Waals surface area contributed by atoms with Crippen LogP contribution in [-0.2, 0) is 0 Å². The number of rotatable bonds is 4. The van der Waals surface area contributed by atoms with Gasteiger partial charge < -0.3 is 0 Å². The van der Waals surface area contributed by atoms with Gasteiger partial charge in [0.2, 0.25) is 0 Å². The maximum atomic E-state index is 11.1. The molecular weight excluding hydrogens is 320 g/mol. The third kappa shape index (κ3) is 2.77. The van der Waals surface area contributed by atoms with E-state index < -0.39 is 9.85 Å². The van der Waals surface area contributed by atoms with Crippen LogP contribution in [0.2, 0.25) is 0 Å². The normalized spacial score (nSPS) is 10.4. The molecule has 1 aromatic heterocycles. The Morgan fingerprint density at radius 3 is 1.52 bits per heavy atom. The Balaban J connectivity index is 2.09. The molecule has 3 rings (SSSR count). The molecule has 8 nitrogen and oxygen atoms in total. The molecule has 0 amide bonds. The lowest BCUT2D eigenvalue weighted by molar-refractivity contribution is -0.384. The number of nitro benzene ring substituents is 2. The molecule has 9 heteroatoms. The van der Waals surface area contributed by atoms with Gasteiger partial charge in [-0.1, -0.05) is 35.6 Å². The second kappa shape index (κ2) is 5.89. The minimum Gasteiger partial charge on any atom is -0.258 e. The van der Waals surface area contributed by atoms with Crippen molar-refractivity contribution in [3.63, 3.8) is 0 Å². The van der Waals surface area contributed by atoms with Crippen LogP contribution in [0.3, 0.4) is 0 Å². The van der Waals surface area contributed by atoms with Crippen LogP contribution in [0.25, 0.3) is 21.1 Å². The van der Waals surface area contributed by atoms with E-state index in [1.54, 1.807) is 36.4 Å². The Morgan fingerprint density at radius 2 is 1.13 bits per heavy atom. The highest BCUT2D eigenvalue weighted by atomic mass is 32.1. The molecule has 0 saturated carbocycles. The Bertz CT molecular complexity index is 837.